The molecule has 40 heavy (non-hydrogen) atoms. The molecule has 1 aliphatic rings. The molecule has 6 atom stereocenters. The van der Waals surface area contributed by atoms with E-state index in [1.165, 1.54) is 7.11 Å². The molecule has 0 spiro atoms. The topological polar surface area (TPSA) is 89.5 Å². The molecule has 0 unspecified atom stereocenters. The minimum atomic E-state index is -1.06. The van der Waals surface area contributed by atoms with Crippen molar-refractivity contribution in [3.8, 4) is 0 Å². The molecule has 2 aromatic rings. The third kappa shape index (κ3) is 9.27. The number of esters is 2. The highest BCUT2D eigenvalue weighted by atomic mass is 16.7. The summed E-state index contributed by atoms with van der Waals surface area (Å²) < 4.78 is 36.2. The standard InChI is InChI=1S/C32H42O8/c1-7-22(2)18-26(33)39-28-27(37-20-24-16-12-9-13-17-24)25(21-36-19-23-14-10-8-11-15-23)38-30(35-6)29(28)40-31(34)32(3,4)5/h7-17,22,25,27-30H,1,18-21H2,2-6H3/t22-,25+,27+,28-,29-,30-/m0/s1. The predicted molar refractivity (Wildman–Crippen MR) is 150 cm³/mol. The molecule has 0 aliphatic carbocycles. The van der Waals surface area contributed by atoms with Gasteiger partial charge < -0.3 is 28.4 Å². The van der Waals surface area contributed by atoms with E-state index >= 15 is 0 Å². The Hall–Kier alpha value is -3.04. The second kappa shape index (κ2) is 15.1. The molecule has 0 amide bonds. The summed E-state index contributed by atoms with van der Waals surface area (Å²) in [4.78, 5) is 26.0. The molecule has 3 rings (SSSR count). The van der Waals surface area contributed by atoms with Crippen LogP contribution in [0, 0.1) is 11.3 Å². The van der Waals surface area contributed by atoms with Crippen molar-refractivity contribution in [3.63, 3.8) is 0 Å². The molecule has 0 N–H and O–H groups in total. The van der Waals surface area contributed by atoms with E-state index in [0.717, 1.165) is 11.1 Å². The summed E-state index contributed by atoms with van der Waals surface area (Å²) >= 11 is 0. The van der Waals surface area contributed by atoms with Crippen molar-refractivity contribution in [2.75, 3.05) is 13.7 Å². The number of carbonyl (C=O) groups is 2. The number of allylic oxidation sites excluding steroid dienone is 1. The first-order chi connectivity index (χ1) is 19.1. The van der Waals surface area contributed by atoms with Crippen molar-refractivity contribution in [3.05, 3.63) is 84.4 Å². The second-order valence-corrected chi connectivity index (χ2v) is 11.0. The van der Waals surface area contributed by atoms with Crippen LogP contribution in [-0.2, 0) is 51.2 Å². The molecule has 0 saturated carbocycles. The third-order valence-corrected chi connectivity index (χ3v) is 6.52. The van der Waals surface area contributed by atoms with Crippen molar-refractivity contribution in [1.82, 2.24) is 0 Å². The Balaban J connectivity index is 1.91. The molecule has 0 aromatic heterocycles. The Morgan fingerprint density at radius 2 is 1.52 bits per heavy atom. The van der Waals surface area contributed by atoms with Crippen molar-refractivity contribution >= 4 is 11.9 Å². The zero-order valence-corrected chi connectivity index (χ0v) is 24.1. The van der Waals surface area contributed by atoms with Gasteiger partial charge in [-0.15, -0.1) is 6.58 Å². The van der Waals surface area contributed by atoms with Crippen LogP contribution in [0.5, 0.6) is 0 Å². The number of carbonyl (C=O) groups excluding carboxylic acids is 2. The fourth-order valence-corrected chi connectivity index (χ4v) is 4.14. The van der Waals surface area contributed by atoms with Crippen molar-refractivity contribution in [2.45, 2.75) is 78.0 Å². The van der Waals surface area contributed by atoms with Gasteiger partial charge in [-0.25, -0.2) is 0 Å². The maximum Gasteiger partial charge on any atom is 0.311 e. The average Bonchev–Trinajstić information content (AvgIpc) is 2.94. The van der Waals surface area contributed by atoms with Gasteiger partial charge in [0, 0.05) is 7.11 Å². The Morgan fingerprint density at radius 3 is 2.08 bits per heavy atom. The van der Waals surface area contributed by atoms with Gasteiger partial charge >= 0.3 is 11.9 Å². The largest absolute Gasteiger partial charge is 0.455 e. The molecule has 218 valence electrons. The Bertz CT molecular complexity index is 1070. The van der Waals surface area contributed by atoms with Crippen molar-refractivity contribution in [1.29, 1.82) is 0 Å². The molecule has 0 bridgehead atoms. The third-order valence-electron chi connectivity index (χ3n) is 6.52. The lowest BCUT2D eigenvalue weighted by atomic mass is 9.95. The van der Waals surface area contributed by atoms with Gasteiger partial charge in [-0.2, -0.15) is 0 Å². The van der Waals surface area contributed by atoms with E-state index in [1.807, 2.05) is 67.6 Å². The average molecular weight is 555 g/mol. The van der Waals surface area contributed by atoms with E-state index < -0.39 is 48.1 Å². The van der Waals surface area contributed by atoms with Crippen LogP contribution in [-0.4, -0.2) is 56.4 Å². The first-order valence-electron chi connectivity index (χ1n) is 13.6. The molecule has 8 heteroatoms. The van der Waals surface area contributed by atoms with Crippen LogP contribution < -0.4 is 0 Å². The van der Waals surface area contributed by atoms with Crippen molar-refractivity contribution in [2.24, 2.45) is 11.3 Å². The van der Waals surface area contributed by atoms with E-state index in [4.69, 9.17) is 28.4 Å². The number of methoxy groups -OCH3 is 1. The van der Waals surface area contributed by atoms with E-state index in [9.17, 15) is 9.59 Å². The Morgan fingerprint density at radius 1 is 0.925 bits per heavy atom. The molecular weight excluding hydrogens is 512 g/mol. The van der Waals surface area contributed by atoms with Gasteiger partial charge in [0.1, 0.15) is 12.2 Å². The summed E-state index contributed by atoms with van der Waals surface area (Å²) in [6.45, 7) is 11.6. The molecule has 1 saturated heterocycles. The zero-order valence-electron chi connectivity index (χ0n) is 24.1. The first-order valence-corrected chi connectivity index (χ1v) is 13.6. The lowest BCUT2D eigenvalue weighted by Crippen LogP contribution is -2.62. The fraction of sp³-hybridized carbons (Fsp3) is 0.500. The van der Waals surface area contributed by atoms with Gasteiger partial charge in [-0.1, -0.05) is 73.7 Å². The quantitative estimate of drug-likeness (QED) is 0.245. The summed E-state index contributed by atoms with van der Waals surface area (Å²) in [7, 11) is 1.45. The minimum absolute atomic E-state index is 0.102. The highest BCUT2D eigenvalue weighted by molar-refractivity contribution is 5.75. The molecular formula is C32H42O8. The summed E-state index contributed by atoms with van der Waals surface area (Å²) in [5, 5.41) is 0. The SMILES string of the molecule is C=C[C@H](C)CC(=O)O[C@@H]1[C@H](OC(=O)C(C)(C)C)[C@@H](OC)O[C@H](COCc2ccccc2)[C@H]1OCc1ccccc1. The van der Waals surface area contributed by atoms with Gasteiger partial charge in [0.2, 0.25) is 0 Å². The minimum Gasteiger partial charge on any atom is -0.455 e. The monoisotopic (exact) mass is 554 g/mol. The van der Waals surface area contributed by atoms with Crippen LogP contribution >= 0.6 is 0 Å². The summed E-state index contributed by atoms with van der Waals surface area (Å²) in [6, 6.07) is 19.4. The summed E-state index contributed by atoms with van der Waals surface area (Å²) in [5.41, 5.74) is 1.12. The van der Waals surface area contributed by atoms with Gasteiger partial charge in [-0.05, 0) is 37.8 Å². The van der Waals surface area contributed by atoms with Crippen LogP contribution in [0.1, 0.15) is 45.2 Å². The molecule has 8 nitrogen and oxygen atoms in total. The predicted octanol–water partition coefficient (Wildman–Crippen LogP) is 5.24. The summed E-state index contributed by atoms with van der Waals surface area (Å²) in [6.07, 6.45) is -2.79. The zero-order chi connectivity index (χ0) is 29.1. The molecule has 2 aromatic carbocycles. The molecule has 1 heterocycles. The number of ether oxygens (including phenoxy) is 6. The number of rotatable bonds is 13. The highest BCUT2D eigenvalue weighted by Crippen LogP contribution is 2.32. The maximum atomic E-state index is 13.1. The van der Waals surface area contributed by atoms with Gasteiger partial charge in [-0.3, -0.25) is 9.59 Å². The van der Waals surface area contributed by atoms with E-state index in [1.54, 1.807) is 26.8 Å². The number of hydrogen-bond acceptors (Lipinski definition) is 8. The highest BCUT2D eigenvalue weighted by Gasteiger charge is 2.52. The molecule has 0 radical (unpaired) electrons. The van der Waals surface area contributed by atoms with Gasteiger partial charge in [0.15, 0.2) is 18.5 Å². The first kappa shape index (κ1) is 31.5. The lowest BCUT2D eigenvalue weighted by molar-refractivity contribution is -0.311. The van der Waals surface area contributed by atoms with Crippen LogP contribution in [0.15, 0.2) is 73.3 Å². The van der Waals surface area contributed by atoms with Gasteiger partial charge in [0.05, 0.1) is 31.7 Å². The van der Waals surface area contributed by atoms with E-state index in [2.05, 4.69) is 6.58 Å². The maximum absolute atomic E-state index is 13.1. The van der Waals surface area contributed by atoms with Crippen molar-refractivity contribution < 1.29 is 38.0 Å². The van der Waals surface area contributed by atoms with Crippen LogP contribution in [0.2, 0.25) is 0 Å². The molecule has 1 fully saturated rings. The number of benzene rings is 2. The Labute approximate surface area is 237 Å². The van der Waals surface area contributed by atoms with E-state index in [-0.39, 0.29) is 25.6 Å². The summed E-state index contributed by atoms with van der Waals surface area (Å²) in [5.74, 6) is -1.05. The Kier molecular flexibility index (Phi) is 11.9. The van der Waals surface area contributed by atoms with E-state index in [0.29, 0.717) is 6.61 Å². The van der Waals surface area contributed by atoms with Crippen LogP contribution in [0.4, 0.5) is 0 Å². The number of hydrogen-bond donors (Lipinski definition) is 0. The normalized spacial score (nSPS) is 23.7. The fourth-order valence-electron chi connectivity index (χ4n) is 4.14. The van der Waals surface area contributed by atoms with Gasteiger partial charge in [0.25, 0.3) is 0 Å². The lowest BCUT2D eigenvalue weighted by Gasteiger charge is -2.45. The van der Waals surface area contributed by atoms with Crippen LogP contribution in [0.25, 0.3) is 0 Å². The smallest absolute Gasteiger partial charge is 0.311 e. The molecule has 1 aliphatic heterocycles. The second-order valence-electron chi connectivity index (χ2n) is 11.0. The van der Waals surface area contributed by atoms with Crippen LogP contribution in [0.3, 0.4) is 0 Å².